The molecule has 6 heteroatoms. The van der Waals surface area contributed by atoms with E-state index in [-0.39, 0.29) is 6.10 Å². The molecule has 0 aliphatic carbocycles. The van der Waals surface area contributed by atoms with Crippen LogP contribution in [0.5, 0.6) is 0 Å². The van der Waals surface area contributed by atoms with E-state index in [1.165, 1.54) is 0 Å². The van der Waals surface area contributed by atoms with E-state index in [0.717, 1.165) is 38.5 Å². The molecule has 1 fully saturated rings. The number of nitrogens with one attached hydrogen (secondary N) is 1. The molecule has 16 heavy (non-hydrogen) atoms. The van der Waals surface area contributed by atoms with Crippen molar-refractivity contribution in [2.24, 2.45) is 0 Å². The molecule has 1 aliphatic heterocycles. The predicted octanol–water partition coefficient (Wildman–Crippen LogP) is 1.33. The number of H-pyrrole nitrogens is 1. The number of hydrogen-bond acceptors (Lipinski definition) is 4. The maximum Gasteiger partial charge on any atom is 0.180 e. The van der Waals surface area contributed by atoms with Gasteiger partial charge in [0.15, 0.2) is 5.82 Å². The topological polar surface area (TPSA) is 54.0 Å². The Balaban J connectivity index is 1.98. The van der Waals surface area contributed by atoms with Gasteiger partial charge in [-0.3, -0.25) is 10.00 Å². The van der Waals surface area contributed by atoms with Crippen LogP contribution >= 0.6 is 11.6 Å². The van der Waals surface area contributed by atoms with Crippen molar-refractivity contribution in [2.75, 3.05) is 26.2 Å². The number of aromatic amines is 1. The zero-order chi connectivity index (χ0) is 11.4. The molecule has 2 heterocycles. The van der Waals surface area contributed by atoms with Gasteiger partial charge in [0.1, 0.15) is 11.9 Å². The molecule has 1 aromatic heterocycles. The number of alkyl halides is 1. The number of halogens is 1. The van der Waals surface area contributed by atoms with Gasteiger partial charge in [0, 0.05) is 13.1 Å². The zero-order valence-corrected chi connectivity index (χ0v) is 10.2. The smallest absolute Gasteiger partial charge is 0.180 e. The molecule has 2 rings (SSSR count). The molecule has 0 aromatic carbocycles. The summed E-state index contributed by atoms with van der Waals surface area (Å²) < 4.78 is 5.67. The Labute approximate surface area is 100 Å². The summed E-state index contributed by atoms with van der Waals surface area (Å²) in [5.74, 6) is 1.78. The molecular weight excluding hydrogens is 228 g/mol. The molecule has 1 atom stereocenters. The van der Waals surface area contributed by atoms with Crippen molar-refractivity contribution in [1.82, 2.24) is 20.1 Å². The summed E-state index contributed by atoms with van der Waals surface area (Å²) in [7, 11) is 0. The third-order valence-electron chi connectivity index (χ3n) is 2.65. The highest BCUT2D eigenvalue weighted by Crippen LogP contribution is 2.19. The van der Waals surface area contributed by atoms with Crippen LogP contribution in [0.4, 0.5) is 0 Å². The zero-order valence-electron chi connectivity index (χ0n) is 9.45. The number of rotatable bonds is 4. The van der Waals surface area contributed by atoms with Gasteiger partial charge in [0.25, 0.3) is 0 Å². The number of aromatic nitrogens is 3. The van der Waals surface area contributed by atoms with Crippen molar-refractivity contribution < 1.29 is 4.74 Å². The first-order chi connectivity index (χ1) is 7.83. The van der Waals surface area contributed by atoms with Crippen LogP contribution < -0.4 is 0 Å². The van der Waals surface area contributed by atoms with Crippen molar-refractivity contribution >= 4 is 11.6 Å². The van der Waals surface area contributed by atoms with Crippen molar-refractivity contribution in [2.45, 2.75) is 25.3 Å². The third kappa shape index (κ3) is 2.72. The largest absolute Gasteiger partial charge is 0.367 e. The third-order valence-corrected chi connectivity index (χ3v) is 2.91. The lowest BCUT2D eigenvalue weighted by Gasteiger charge is -2.31. The lowest BCUT2D eigenvalue weighted by atomic mass is 10.2. The second-order valence-electron chi connectivity index (χ2n) is 3.93. The SMILES string of the molecule is CCCN1CCOC(c2n[nH]c(CCl)n2)C1. The van der Waals surface area contributed by atoms with Gasteiger partial charge in [-0.2, -0.15) is 5.10 Å². The molecule has 1 unspecified atom stereocenters. The second kappa shape index (κ2) is 5.61. The van der Waals surface area contributed by atoms with Crippen molar-refractivity contribution in [3.05, 3.63) is 11.6 Å². The van der Waals surface area contributed by atoms with Gasteiger partial charge in [-0.1, -0.05) is 6.92 Å². The van der Waals surface area contributed by atoms with Gasteiger partial charge < -0.3 is 4.74 Å². The number of ether oxygens (including phenoxy) is 1. The van der Waals surface area contributed by atoms with Gasteiger partial charge in [0.05, 0.1) is 12.5 Å². The average molecular weight is 245 g/mol. The first kappa shape index (κ1) is 11.8. The van der Waals surface area contributed by atoms with E-state index in [1.54, 1.807) is 0 Å². The highest BCUT2D eigenvalue weighted by atomic mass is 35.5. The Morgan fingerprint density at radius 3 is 3.19 bits per heavy atom. The summed E-state index contributed by atoms with van der Waals surface area (Å²) >= 11 is 5.67. The van der Waals surface area contributed by atoms with Crippen LogP contribution in [0.3, 0.4) is 0 Å². The molecule has 1 aromatic rings. The minimum absolute atomic E-state index is 0.0199. The Hall–Kier alpha value is -0.650. The fourth-order valence-electron chi connectivity index (χ4n) is 1.89. The first-order valence-electron chi connectivity index (χ1n) is 5.64. The van der Waals surface area contributed by atoms with E-state index in [4.69, 9.17) is 16.3 Å². The predicted molar refractivity (Wildman–Crippen MR) is 61.4 cm³/mol. The van der Waals surface area contributed by atoms with Crippen LogP contribution in [0.15, 0.2) is 0 Å². The first-order valence-corrected chi connectivity index (χ1v) is 6.18. The van der Waals surface area contributed by atoms with E-state index in [9.17, 15) is 0 Å². The molecule has 1 aliphatic rings. The molecule has 0 radical (unpaired) electrons. The van der Waals surface area contributed by atoms with Gasteiger partial charge in [-0.15, -0.1) is 11.6 Å². The van der Waals surface area contributed by atoms with Crippen LogP contribution in [0.2, 0.25) is 0 Å². The molecule has 0 bridgehead atoms. The van der Waals surface area contributed by atoms with E-state index in [0.29, 0.717) is 11.7 Å². The summed E-state index contributed by atoms with van der Waals surface area (Å²) in [5, 5.41) is 6.94. The normalized spacial score (nSPS) is 22.5. The minimum atomic E-state index is -0.0199. The van der Waals surface area contributed by atoms with Crippen LogP contribution in [0.1, 0.15) is 31.1 Å². The fourth-order valence-corrected chi connectivity index (χ4v) is 2.01. The summed E-state index contributed by atoms with van der Waals surface area (Å²) in [5.41, 5.74) is 0. The van der Waals surface area contributed by atoms with E-state index < -0.39 is 0 Å². The highest BCUT2D eigenvalue weighted by Gasteiger charge is 2.24. The quantitative estimate of drug-likeness (QED) is 0.812. The number of nitrogens with zero attached hydrogens (tertiary/aromatic N) is 3. The summed E-state index contributed by atoms with van der Waals surface area (Å²) in [6.45, 7) is 5.90. The molecular formula is C10H17ClN4O. The van der Waals surface area contributed by atoms with Crippen molar-refractivity contribution in [3.8, 4) is 0 Å². The molecule has 0 saturated carbocycles. The molecule has 1 saturated heterocycles. The summed E-state index contributed by atoms with van der Waals surface area (Å²) in [6, 6.07) is 0. The van der Waals surface area contributed by atoms with E-state index >= 15 is 0 Å². The standard InChI is InChI=1S/C10H17ClN4O/c1-2-3-15-4-5-16-8(7-15)10-12-9(6-11)13-14-10/h8H,2-7H2,1H3,(H,12,13,14). The maximum atomic E-state index is 5.67. The lowest BCUT2D eigenvalue weighted by Crippen LogP contribution is -2.39. The van der Waals surface area contributed by atoms with Crippen LogP contribution in [-0.4, -0.2) is 46.3 Å². The number of morpholine rings is 1. The molecule has 0 amide bonds. The monoisotopic (exact) mass is 244 g/mol. The van der Waals surface area contributed by atoms with Crippen LogP contribution in [0.25, 0.3) is 0 Å². The molecule has 90 valence electrons. The summed E-state index contributed by atoms with van der Waals surface area (Å²) in [6.07, 6.45) is 1.14. The lowest BCUT2D eigenvalue weighted by molar-refractivity contribution is -0.0340. The summed E-state index contributed by atoms with van der Waals surface area (Å²) in [4.78, 5) is 6.68. The molecule has 1 N–H and O–H groups in total. The Kier molecular flexibility index (Phi) is 4.15. The van der Waals surface area contributed by atoms with E-state index in [1.807, 2.05) is 0 Å². The van der Waals surface area contributed by atoms with Crippen LogP contribution in [-0.2, 0) is 10.6 Å². The number of hydrogen-bond donors (Lipinski definition) is 1. The van der Waals surface area contributed by atoms with E-state index in [2.05, 4.69) is 27.0 Å². The van der Waals surface area contributed by atoms with Crippen LogP contribution in [0, 0.1) is 0 Å². The average Bonchev–Trinajstić information content (AvgIpc) is 2.78. The molecule has 5 nitrogen and oxygen atoms in total. The Morgan fingerprint density at radius 2 is 2.50 bits per heavy atom. The Morgan fingerprint density at radius 1 is 1.62 bits per heavy atom. The van der Waals surface area contributed by atoms with Crippen molar-refractivity contribution in [1.29, 1.82) is 0 Å². The fraction of sp³-hybridized carbons (Fsp3) is 0.800. The molecule has 0 spiro atoms. The van der Waals surface area contributed by atoms with Gasteiger partial charge in [-0.25, -0.2) is 4.98 Å². The van der Waals surface area contributed by atoms with Crippen molar-refractivity contribution in [3.63, 3.8) is 0 Å². The maximum absolute atomic E-state index is 5.67. The highest BCUT2D eigenvalue weighted by molar-refractivity contribution is 6.16. The Bertz CT molecular complexity index is 328. The second-order valence-corrected chi connectivity index (χ2v) is 4.20. The van der Waals surface area contributed by atoms with Gasteiger partial charge >= 0.3 is 0 Å². The van der Waals surface area contributed by atoms with Gasteiger partial charge in [-0.05, 0) is 13.0 Å². The minimum Gasteiger partial charge on any atom is -0.367 e. The van der Waals surface area contributed by atoms with Gasteiger partial charge in [0.2, 0.25) is 0 Å².